The van der Waals surface area contributed by atoms with Gasteiger partial charge in [-0.2, -0.15) is 0 Å². The van der Waals surface area contributed by atoms with E-state index in [0.717, 1.165) is 25.8 Å². The number of likely N-dealkylation sites (tertiary alicyclic amines) is 1. The predicted molar refractivity (Wildman–Crippen MR) is 74.5 cm³/mol. The van der Waals surface area contributed by atoms with Gasteiger partial charge in [-0.3, -0.25) is 9.59 Å². The fourth-order valence-electron chi connectivity index (χ4n) is 2.91. The van der Waals surface area contributed by atoms with Crippen molar-refractivity contribution in [3.8, 4) is 0 Å². The molecule has 0 aromatic rings. The smallest absolute Gasteiger partial charge is 0.225 e. The van der Waals surface area contributed by atoms with Gasteiger partial charge in [-0.05, 0) is 19.3 Å². The van der Waals surface area contributed by atoms with Crippen molar-refractivity contribution in [1.29, 1.82) is 0 Å². The molecule has 0 aromatic carbocycles. The van der Waals surface area contributed by atoms with Crippen molar-refractivity contribution in [2.45, 2.75) is 58.9 Å². The van der Waals surface area contributed by atoms with Crippen LogP contribution in [0.4, 0.5) is 0 Å². The zero-order valence-electron chi connectivity index (χ0n) is 12.4. The fourth-order valence-corrected chi connectivity index (χ4v) is 2.91. The molecule has 0 radical (unpaired) electrons. The maximum absolute atomic E-state index is 12.3. The second-order valence-corrected chi connectivity index (χ2v) is 6.97. The van der Waals surface area contributed by atoms with Gasteiger partial charge in [0.1, 0.15) is 0 Å². The van der Waals surface area contributed by atoms with Crippen molar-refractivity contribution >= 4 is 11.8 Å². The van der Waals surface area contributed by atoms with Gasteiger partial charge in [0.05, 0.1) is 0 Å². The zero-order chi connectivity index (χ0) is 14.0. The molecule has 1 N–H and O–H groups in total. The predicted octanol–water partition coefficient (Wildman–Crippen LogP) is 1.94. The largest absolute Gasteiger partial charge is 0.351 e. The molecule has 2 aliphatic rings. The Morgan fingerprint density at radius 3 is 2.32 bits per heavy atom. The summed E-state index contributed by atoms with van der Waals surface area (Å²) in [6.45, 7) is 7.23. The standard InChI is InChI=1S/C15H26N2O2/c1-15(2,3)14(19)16-12-8-9-17(10-12)13(18)11-6-4-5-7-11/h11-12H,4-10H2,1-3H3,(H,16,19)/t12-/m0/s1. The summed E-state index contributed by atoms with van der Waals surface area (Å²) in [7, 11) is 0. The Bertz CT molecular complexity index is 354. The van der Waals surface area contributed by atoms with Crippen molar-refractivity contribution in [2.75, 3.05) is 13.1 Å². The first-order chi connectivity index (χ1) is 8.88. The van der Waals surface area contributed by atoms with E-state index in [1.807, 2.05) is 25.7 Å². The van der Waals surface area contributed by atoms with E-state index in [9.17, 15) is 9.59 Å². The van der Waals surface area contributed by atoms with Crippen LogP contribution in [0.2, 0.25) is 0 Å². The van der Waals surface area contributed by atoms with Gasteiger partial charge in [-0.1, -0.05) is 33.6 Å². The summed E-state index contributed by atoms with van der Waals surface area (Å²) in [6.07, 6.45) is 5.37. The summed E-state index contributed by atoms with van der Waals surface area (Å²) in [6, 6.07) is 0.136. The first-order valence-corrected chi connectivity index (χ1v) is 7.47. The zero-order valence-corrected chi connectivity index (χ0v) is 12.4. The van der Waals surface area contributed by atoms with Gasteiger partial charge in [0.25, 0.3) is 0 Å². The quantitative estimate of drug-likeness (QED) is 0.830. The van der Waals surface area contributed by atoms with E-state index in [0.29, 0.717) is 12.5 Å². The highest BCUT2D eigenvalue weighted by Gasteiger charge is 2.34. The Hall–Kier alpha value is -1.06. The Labute approximate surface area is 115 Å². The second kappa shape index (κ2) is 5.51. The monoisotopic (exact) mass is 266 g/mol. The lowest BCUT2D eigenvalue weighted by Crippen LogP contribution is -2.44. The van der Waals surface area contributed by atoms with Crippen LogP contribution in [-0.4, -0.2) is 35.8 Å². The topological polar surface area (TPSA) is 49.4 Å². The maximum atomic E-state index is 12.3. The highest BCUT2D eigenvalue weighted by molar-refractivity contribution is 5.82. The Kier molecular flexibility index (Phi) is 4.16. The lowest BCUT2D eigenvalue weighted by molar-refractivity contribution is -0.135. The number of nitrogens with one attached hydrogen (secondary N) is 1. The van der Waals surface area contributed by atoms with Crippen molar-refractivity contribution in [3.63, 3.8) is 0 Å². The number of hydrogen-bond donors (Lipinski definition) is 1. The maximum Gasteiger partial charge on any atom is 0.225 e. The average molecular weight is 266 g/mol. The molecule has 1 saturated carbocycles. The molecule has 1 atom stereocenters. The van der Waals surface area contributed by atoms with Crippen LogP contribution in [0.25, 0.3) is 0 Å². The van der Waals surface area contributed by atoms with Crippen LogP contribution >= 0.6 is 0 Å². The number of carbonyl (C=O) groups excluding carboxylic acids is 2. The molecule has 1 heterocycles. The summed E-state index contributed by atoms with van der Waals surface area (Å²) in [5.41, 5.74) is -0.358. The molecule has 4 nitrogen and oxygen atoms in total. The minimum atomic E-state index is -0.358. The van der Waals surface area contributed by atoms with Crippen LogP contribution in [0.3, 0.4) is 0 Å². The molecular weight excluding hydrogens is 240 g/mol. The van der Waals surface area contributed by atoms with Crippen molar-refractivity contribution < 1.29 is 9.59 Å². The van der Waals surface area contributed by atoms with Gasteiger partial charge < -0.3 is 10.2 Å². The van der Waals surface area contributed by atoms with Crippen molar-refractivity contribution in [1.82, 2.24) is 10.2 Å². The normalized spacial score (nSPS) is 24.8. The number of amides is 2. The van der Waals surface area contributed by atoms with E-state index < -0.39 is 0 Å². The molecule has 0 aromatic heterocycles. The molecule has 0 unspecified atom stereocenters. The molecule has 0 spiro atoms. The minimum Gasteiger partial charge on any atom is -0.351 e. The molecule has 1 aliphatic carbocycles. The Morgan fingerprint density at radius 1 is 1.11 bits per heavy atom. The molecule has 4 heteroatoms. The van der Waals surface area contributed by atoms with Crippen LogP contribution in [0.5, 0.6) is 0 Å². The van der Waals surface area contributed by atoms with Crippen LogP contribution in [0.1, 0.15) is 52.9 Å². The Balaban J connectivity index is 1.83. The van der Waals surface area contributed by atoms with E-state index in [4.69, 9.17) is 0 Å². The van der Waals surface area contributed by atoms with Crippen molar-refractivity contribution in [3.05, 3.63) is 0 Å². The molecule has 2 rings (SSSR count). The number of nitrogens with zero attached hydrogens (tertiary/aromatic N) is 1. The van der Waals surface area contributed by atoms with Gasteiger partial charge in [-0.15, -0.1) is 0 Å². The third-order valence-corrected chi connectivity index (χ3v) is 4.22. The van der Waals surface area contributed by atoms with Crippen molar-refractivity contribution in [2.24, 2.45) is 11.3 Å². The van der Waals surface area contributed by atoms with Gasteiger partial charge >= 0.3 is 0 Å². The molecule has 2 amide bonds. The van der Waals surface area contributed by atoms with Crippen LogP contribution in [-0.2, 0) is 9.59 Å². The summed E-state index contributed by atoms with van der Waals surface area (Å²) in [5, 5.41) is 3.06. The molecule has 0 bridgehead atoms. The molecule has 108 valence electrons. The molecule has 1 saturated heterocycles. The fraction of sp³-hybridized carbons (Fsp3) is 0.867. The second-order valence-electron chi connectivity index (χ2n) is 6.97. The first kappa shape index (κ1) is 14.4. The summed E-state index contributed by atoms with van der Waals surface area (Å²) in [5.74, 6) is 0.634. The molecule has 19 heavy (non-hydrogen) atoms. The highest BCUT2D eigenvalue weighted by Crippen LogP contribution is 2.28. The van der Waals surface area contributed by atoms with Crippen LogP contribution in [0, 0.1) is 11.3 Å². The van der Waals surface area contributed by atoms with E-state index in [1.54, 1.807) is 0 Å². The number of hydrogen-bond acceptors (Lipinski definition) is 2. The average Bonchev–Trinajstić information content (AvgIpc) is 2.97. The lowest BCUT2D eigenvalue weighted by Gasteiger charge is -2.23. The highest BCUT2D eigenvalue weighted by atomic mass is 16.2. The van der Waals surface area contributed by atoms with Gasteiger partial charge in [-0.25, -0.2) is 0 Å². The van der Waals surface area contributed by atoms with Gasteiger partial charge in [0, 0.05) is 30.5 Å². The number of rotatable bonds is 2. The summed E-state index contributed by atoms with van der Waals surface area (Å²) in [4.78, 5) is 26.2. The third-order valence-electron chi connectivity index (χ3n) is 4.22. The summed E-state index contributed by atoms with van der Waals surface area (Å²) >= 11 is 0. The van der Waals surface area contributed by atoms with Gasteiger partial charge in [0.2, 0.25) is 11.8 Å². The number of carbonyl (C=O) groups is 2. The SMILES string of the molecule is CC(C)(C)C(=O)N[C@H]1CCN(C(=O)C2CCCC2)C1. The Morgan fingerprint density at radius 2 is 1.74 bits per heavy atom. The molecular formula is C15H26N2O2. The minimum absolute atomic E-state index is 0.0765. The lowest BCUT2D eigenvalue weighted by atomic mass is 9.95. The van der Waals surface area contributed by atoms with E-state index in [1.165, 1.54) is 12.8 Å². The van der Waals surface area contributed by atoms with Crippen LogP contribution < -0.4 is 5.32 Å². The van der Waals surface area contributed by atoms with E-state index in [-0.39, 0.29) is 23.3 Å². The van der Waals surface area contributed by atoms with Crippen LogP contribution in [0.15, 0.2) is 0 Å². The molecule has 2 fully saturated rings. The molecule has 1 aliphatic heterocycles. The third kappa shape index (κ3) is 3.48. The van der Waals surface area contributed by atoms with E-state index in [2.05, 4.69) is 5.32 Å². The first-order valence-electron chi connectivity index (χ1n) is 7.47. The summed E-state index contributed by atoms with van der Waals surface area (Å²) < 4.78 is 0. The van der Waals surface area contributed by atoms with E-state index >= 15 is 0 Å². The van der Waals surface area contributed by atoms with Gasteiger partial charge in [0.15, 0.2) is 0 Å².